The number of aryl methyl sites for hydroxylation is 1. The number of benzene rings is 1. The molecule has 31 heavy (non-hydrogen) atoms. The van der Waals surface area contributed by atoms with E-state index in [2.05, 4.69) is 15.7 Å². The summed E-state index contributed by atoms with van der Waals surface area (Å²) in [5.74, 6) is -0.365. The van der Waals surface area contributed by atoms with Gasteiger partial charge in [-0.15, -0.1) is 0 Å². The minimum atomic E-state index is -0.791. The van der Waals surface area contributed by atoms with E-state index in [1.807, 2.05) is 12.1 Å². The Kier molecular flexibility index (Phi) is 5.83. The van der Waals surface area contributed by atoms with E-state index in [-0.39, 0.29) is 12.5 Å². The fourth-order valence-electron chi connectivity index (χ4n) is 3.49. The van der Waals surface area contributed by atoms with Gasteiger partial charge in [0.15, 0.2) is 5.76 Å². The molecule has 0 spiro atoms. The third-order valence-corrected chi connectivity index (χ3v) is 5.10. The molecule has 3 heterocycles. The molecule has 160 valence electrons. The molecule has 3 amide bonds. The van der Waals surface area contributed by atoms with Crippen LogP contribution in [0.4, 0.5) is 11.4 Å². The van der Waals surface area contributed by atoms with Crippen molar-refractivity contribution in [2.45, 2.75) is 25.8 Å². The Morgan fingerprint density at radius 3 is 2.77 bits per heavy atom. The van der Waals surface area contributed by atoms with Crippen LogP contribution in [0.15, 0.2) is 53.1 Å². The minimum Gasteiger partial charge on any atom is -0.458 e. The number of aromatic nitrogens is 2. The lowest BCUT2D eigenvalue weighted by Crippen LogP contribution is -2.36. The van der Waals surface area contributed by atoms with Gasteiger partial charge in [-0.2, -0.15) is 5.10 Å². The van der Waals surface area contributed by atoms with Gasteiger partial charge in [0.05, 0.1) is 6.54 Å². The van der Waals surface area contributed by atoms with Gasteiger partial charge >= 0.3 is 11.8 Å². The Hall–Kier alpha value is -3.88. The van der Waals surface area contributed by atoms with E-state index in [1.165, 1.54) is 0 Å². The zero-order chi connectivity index (χ0) is 21.8. The highest BCUT2D eigenvalue weighted by Gasteiger charge is 2.20. The zero-order valence-electron chi connectivity index (χ0n) is 17.1. The molecule has 0 bridgehead atoms. The molecule has 9 heteroatoms. The Morgan fingerprint density at radius 1 is 1.13 bits per heavy atom. The molecule has 1 aliphatic rings. The summed E-state index contributed by atoms with van der Waals surface area (Å²) in [6, 6.07) is 12.3. The molecule has 0 unspecified atom stereocenters. The van der Waals surface area contributed by atoms with Gasteiger partial charge in [-0.25, -0.2) is 0 Å². The highest BCUT2D eigenvalue weighted by atomic mass is 16.3. The molecule has 2 N–H and O–H groups in total. The molecular formula is C22H23N5O4. The van der Waals surface area contributed by atoms with Crippen LogP contribution in [0.25, 0.3) is 11.5 Å². The van der Waals surface area contributed by atoms with Crippen LogP contribution in [0.3, 0.4) is 0 Å². The van der Waals surface area contributed by atoms with E-state index in [0.29, 0.717) is 35.9 Å². The summed E-state index contributed by atoms with van der Waals surface area (Å²) in [6.45, 7) is 0.729. The molecule has 0 aliphatic carbocycles. The number of amides is 3. The number of hydrogen-bond donors (Lipinski definition) is 2. The van der Waals surface area contributed by atoms with Gasteiger partial charge < -0.3 is 20.0 Å². The Labute approximate surface area is 179 Å². The normalized spacial score (nSPS) is 13.8. The van der Waals surface area contributed by atoms with Gasteiger partial charge in [0, 0.05) is 37.6 Å². The molecule has 0 saturated carbocycles. The fraction of sp³-hybridized carbons (Fsp3) is 0.273. The average Bonchev–Trinajstić information content (AvgIpc) is 3.41. The number of carbonyl (C=O) groups is 3. The number of hydrogen-bond acceptors (Lipinski definition) is 5. The van der Waals surface area contributed by atoms with Crippen molar-refractivity contribution in [3.8, 4) is 11.5 Å². The van der Waals surface area contributed by atoms with Gasteiger partial charge in [-0.3, -0.25) is 19.1 Å². The Balaban J connectivity index is 1.33. The summed E-state index contributed by atoms with van der Waals surface area (Å²) in [5.41, 5.74) is 1.97. The first-order valence-electron chi connectivity index (χ1n) is 10.1. The van der Waals surface area contributed by atoms with Crippen LogP contribution < -0.4 is 15.5 Å². The quantitative estimate of drug-likeness (QED) is 0.615. The standard InChI is InChI=1S/C22H23N5O4/c1-26-18(10-11-24-26)19-9-8-17(31-19)14-23-21(29)22(30)25-15-5-4-6-16(13-15)27-12-3-2-7-20(27)28/h4-6,8-11,13H,2-3,7,12,14H2,1H3,(H,23,29)(H,25,30). The molecule has 4 rings (SSSR count). The third kappa shape index (κ3) is 4.66. The highest BCUT2D eigenvalue weighted by molar-refractivity contribution is 6.39. The van der Waals surface area contributed by atoms with E-state index in [4.69, 9.17) is 4.42 Å². The summed E-state index contributed by atoms with van der Waals surface area (Å²) >= 11 is 0. The summed E-state index contributed by atoms with van der Waals surface area (Å²) in [4.78, 5) is 38.3. The lowest BCUT2D eigenvalue weighted by atomic mass is 10.1. The molecular weight excluding hydrogens is 398 g/mol. The largest absolute Gasteiger partial charge is 0.458 e. The first-order chi connectivity index (χ1) is 15.0. The predicted octanol–water partition coefficient (Wildman–Crippen LogP) is 2.45. The maximum Gasteiger partial charge on any atom is 0.313 e. The monoisotopic (exact) mass is 421 g/mol. The van der Waals surface area contributed by atoms with Crippen molar-refractivity contribution in [3.63, 3.8) is 0 Å². The van der Waals surface area contributed by atoms with Gasteiger partial charge in [0.25, 0.3) is 0 Å². The molecule has 9 nitrogen and oxygen atoms in total. The van der Waals surface area contributed by atoms with Crippen molar-refractivity contribution in [2.75, 3.05) is 16.8 Å². The van der Waals surface area contributed by atoms with Crippen LogP contribution >= 0.6 is 0 Å². The molecule has 1 aliphatic heterocycles. The number of rotatable bonds is 5. The van der Waals surface area contributed by atoms with E-state index in [1.54, 1.807) is 53.2 Å². The molecule has 0 radical (unpaired) electrons. The lowest BCUT2D eigenvalue weighted by Gasteiger charge is -2.27. The van der Waals surface area contributed by atoms with E-state index in [9.17, 15) is 14.4 Å². The lowest BCUT2D eigenvalue weighted by molar-refractivity contribution is -0.136. The number of anilines is 2. The minimum absolute atomic E-state index is 0.0661. The van der Waals surface area contributed by atoms with Crippen molar-refractivity contribution < 1.29 is 18.8 Å². The van der Waals surface area contributed by atoms with Crippen molar-refractivity contribution in [2.24, 2.45) is 7.05 Å². The summed E-state index contributed by atoms with van der Waals surface area (Å²) < 4.78 is 7.39. The van der Waals surface area contributed by atoms with Crippen molar-refractivity contribution in [1.29, 1.82) is 0 Å². The van der Waals surface area contributed by atoms with E-state index in [0.717, 1.165) is 18.5 Å². The second-order valence-electron chi connectivity index (χ2n) is 7.30. The van der Waals surface area contributed by atoms with Crippen LogP contribution in [0.1, 0.15) is 25.0 Å². The SMILES string of the molecule is Cn1nccc1-c1ccc(CNC(=O)C(=O)Nc2cccc(N3CCCCC3=O)c2)o1. The summed E-state index contributed by atoms with van der Waals surface area (Å²) in [7, 11) is 1.81. The molecule has 1 aromatic carbocycles. The van der Waals surface area contributed by atoms with Crippen LogP contribution in [-0.2, 0) is 28.0 Å². The fourth-order valence-corrected chi connectivity index (χ4v) is 3.49. The summed E-state index contributed by atoms with van der Waals surface area (Å²) in [5, 5.41) is 9.21. The van der Waals surface area contributed by atoms with Gasteiger partial charge in [0.1, 0.15) is 11.5 Å². The van der Waals surface area contributed by atoms with Crippen LogP contribution in [0.5, 0.6) is 0 Å². The second-order valence-corrected chi connectivity index (χ2v) is 7.30. The molecule has 0 atom stereocenters. The van der Waals surface area contributed by atoms with Gasteiger partial charge in [-0.05, 0) is 49.2 Å². The Bertz CT molecular complexity index is 1120. The number of piperidine rings is 1. The Morgan fingerprint density at radius 2 is 2.00 bits per heavy atom. The molecule has 1 saturated heterocycles. The number of nitrogens with one attached hydrogen (secondary N) is 2. The van der Waals surface area contributed by atoms with Crippen LogP contribution in [0.2, 0.25) is 0 Å². The average molecular weight is 421 g/mol. The van der Waals surface area contributed by atoms with Crippen molar-refractivity contribution in [3.05, 3.63) is 54.4 Å². The van der Waals surface area contributed by atoms with Crippen LogP contribution in [0, 0.1) is 0 Å². The van der Waals surface area contributed by atoms with Crippen molar-refractivity contribution in [1.82, 2.24) is 15.1 Å². The second kappa shape index (κ2) is 8.86. The first kappa shape index (κ1) is 20.4. The third-order valence-electron chi connectivity index (χ3n) is 5.10. The zero-order valence-corrected chi connectivity index (χ0v) is 17.1. The smallest absolute Gasteiger partial charge is 0.313 e. The molecule has 2 aromatic heterocycles. The van der Waals surface area contributed by atoms with E-state index < -0.39 is 11.8 Å². The predicted molar refractivity (Wildman–Crippen MR) is 114 cm³/mol. The number of furan rings is 1. The van der Waals surface area contributed by atoms with Gasteiger partial charge in [-0.1, -0.05) is 6.07 Å². The van der Waals surface area contributed by atoms with Crippen molar-refractivity contribution >= 4 is 29.1 Å². The first-order valence-corrected chi connectivity index (χ1v) is 10.1. The molecule has 1 fully saturated rings. The topological polar surface area (TPSA) is 109 Å². The number of nitrogens with zero attached hydrogens (tertiary/aromatic N) is 3. The maximum absolute atomic E-state index is 12.3. The van der Waals surface area contributed by atoms with E-state index >= 15 is 0 Å². The van der Waals surface area contributed by atoms with Crippen LogP contribution in [-0.4, -0.2) is 34.0 Å². The maximum atomic E-state index is 12.3. The highest BCUT2D eigenvalue weighted by Crippen LogP contribution is 2.24. The summed E-state index contributed by atoms with van der Waals surface area (Å²) in [6.07, 6.45) is 4.03. The molecule has 3 aromatic rings. The number of carbonyl (C=O) groups excluding carboxylic acids is 3. The van der Waals surface area contributed by atoms with Gasteiger partial charge in [0.2, 0.25) is 5.91 Å².